The van der Waals surface area contributed by atoms with Gasteiger partial charge in [-0.1, -0.05) is 0 Å². The van der Waals surface area contributed by atoms with Gasteiger partial charge in [-0.2, -0.15) is 0 Å². The molecule has 0 N–H and O–H groups in total. The maximum Gasteiger partial charge on any atom is 0.306 e. The van der Waals surface area contributed by atoms with Crippen molar-refractivity contribution in [3.05, 3.63) is 0 Å². The fourth-order valence-corrected chi connectivity index (χ4v) is 0.511. The van der Waals surface area contributed by atoms with E-state index in [0.29, 0.717) is 13.0 Å². The smallest absolute Gasteiger partial charge is 0.306 e. The number of rotatable bonds is 4. The van der Waals surface area contributed by atoms with Gasteiger partial charge in [0.15, 0.2) is 0 Å². The number of hydrogen-bond acceptors (Lipinski definition) is 4. The van der Waals surface area contributed by atoms with Gasteiger partial charge in [0.1, 0.15) is 11.6 Å². The van der Waals surface area contributed by atoms with E-state index >= 15 is 0 Å². The van der Waals surface area contributed by atoms with Crippen molar-refractivity contribution in [1.82, 2.24) is 0 Å². The molecule has 0 aromatic carbocycles. The summed E-state index contributed by atoms with van der Waals surface area (Å²) in [7, 11) is 0. The highest BCUT2D eigenvalue weighted by Crippen LogP contribution is 1.92. The van der Waals surface area contributed by atoms with Crippen molar-refractivity contribution in [2.75, 3.05) is 6.61 Å². The summed E-state index contributed by atoms with van der Waals surface area (Å²) in [5, 5.41) is 0. The summed E-state index contributed by atoms with van der Waals surface area (Å²) in [4.78, 5) is 30.4. The molecule has 0 aliphatic rings. The third kappa shape index (κ3) is 22.4. The van der Waals surface area contributed by atoms with Crippen molar-refractivity contribution >= 4 is 17.5 Å². The number of carbonyl (C=O) groups is 3. The normalized spacial score (nSPS) is 8.29. The average Bonchev–Trinajstić information content (AvgIpc) is 2.00. The minimum absolute atomic E-state index is 0.0213. The minimum atomic E-state index is -0.294. The molecule has 0 unspecified atom stereocenters. The largest absolute Gasteiger partial charge is 0.466 e. The van der Waals surface area contributed by atoms with Crippen molar-refractivity contribution in [2.24, 2.45) is 0 Å². The molecular weight excluding hydrogens is 184 g/mol. The molecule has 82 valence electrons. The first kappa shape index (κ1) is 15.3. The standard InChI is InChI=1S/C7H12O3.C3H6O/c1-3-10-7(9)5-4-6(2)8;1-3(2)4/h3-5H2,1-2H3;1-2H3. The fourth-order valence-electron chi connectivity index (χ4n) is 0.511. The molecule has 0 aliphatic carbocycles. The summed E-state index contributed by atoms with van der Waals surface area (Å²) in [6, 6.07) is 0. The zero-order valence-corrected chi connectivity index (χ0v) is 9.25. The van der Waals surface area contributed by atoms with Gasteiger partial charge in [-0.25, -0.2) is 0 Å². The third-order valence-corrected chi connectivity index (χ3v) is 0.987. The Morgan fingerprint density at radius 2 is 1.43 bits per heavy atom. The molecule has 0 aromatic rings. The van der Waals surface area contributed by atoms with Crippen LogP contribution >= 0.6 is 0 Å². The van der Waals surface area contributed by atoms with E-state index in [4.69, 9.17) is 0 Å². The van der Waals surface area contributed by atoms with Crippen LogP contribution in [0.3, 0.4) is 0 Å². The van der Waals surface area contributed by atoms with Crippen LogP contribution in [0.1, 0.15) is 40.5 Å². The van der Waals surface area contributed by atoms with E-state index in [9.17, 15) is 14.4 Å². The lowest BCUT2D eigenvalue weighted by molar-refractivity contribution is -0.144. The highest BCUT2D eigenvalue weighted by atomic mass is 16.5. The molecule has 4 heteroatoms. The molecule has 0 atom stereocenters. The van der Waals surface area contributed by atoms with Gasteiger partial charge in [-0.3, -0.25) is 4.79 Å². The zero-order chi connectivity index (χ0) is 11.6. The second kappa shape index (κ2) is 9.89. The third-order valence-electron chi connectivity index (χ3n) is 0.987. The first-order valence-electron chi connectivity index (χ1n) is 4.52. The predicted molar refractivity (Wildman–Crippen MR) is 52.9 cm³/mol. The molecule has 0 saturated heterocycles. The van der Waals surface area contributed by atoms with E-state index in [1.165, 1.54) is 20.8 Å². The van der Waals surface area contributed by atoms with E-state index in [2.05, 4.69) is 4.74 Å². The first-order valence-corrected chi connectivity index (χ1v) is 4.52. The van der Waals surface area contributed by atoms with Gasteiger partial charge in [0.05, 0.1) is 13.0 Å². The van der Waals surface area contributed by atoms with Gasteiger partial charge < -0.3 is 14.3 Å². The molecule has 14 heavy (non-hydrogen) atoms. The van der Waals surface area contributed by atoms with Gasteiger partial charge in [-0.05, 0) is 27.7 Å². The van der Waals surface area contributed by atoms with Crippen molar-refractivity contribution in [3.8, 4) is 0 Å². The van der Waals surface area contributed by atoms with Gasteiger partial charge in [-0.15, -0.1) is 0 Å². The maximum atomic E-state index is 10.6. The molecular formula is C10H18O4. The minimum Gasteiger partial charge on any atom is -0.466 e. The molecule has 0 aromatic heterocycles. The van der Waals surface area contributed by atoms with E-state index in [-0.39, 0.29) is 24.0 Å². The number of ketones is 2. The lowest BCUT2D eigenvalue weighted by Crippen LogP contribution is -2.05. The quantitative estimate of drug-likeness (QED) is 0.648. The molecule has 4 nitrogen and oxygen atoms in total. The van der Waals surface area contributed by atoms with E-state index < -0.39 is 0 Å². The van der Waals surface area contributed by atoms with E-state index in [1.807, 2.05) is 0 Å². The Kier molecular flexibility index (Phi) is 10.8. The van der Waals surface area contributed by atoms with Gasteiger partial charge >= 0.3 is 5.97 Å². The second-order valence-corrected chi connectivity index (χ2v) is 2.92. The molecule has 0 amide bonds. The Bertz CT molecular complexity index is 192. The SMILES string of the molecule is CC(C)=O.CCOC(=O)CCC(C)=O. The molecule has 0 aliphatic heterocycles. The van der Waals surface area contributed by atoms with Crippen LogP contribution in [0.2, 0.25) is 0 Å². The van der Waals surface area contributed by atoms with Gasteiger partial charge in [0, 0.05) is 6.42 Å². The number of Topliss-reactive ketones (excluding diaryl/α,β-unsaturated/α-hetero) is 2. The van der Waals surface area contributed by atoms with Crippen LogP contribution in [0.15, 0.2) is 0 Å². The topological polar surface area (TPSA) is 60.4 Å². The van der Waals surface area contributed by atoms with Crippen molar-refractivity contribution in [1.29, 1.82) is 0 Å². The summed E-state index contributed by atoms with van der Waals surface area (Å²) >= 11 is 0. The maximum absolute atomic E-state index is 10.6. The molecule has 0 rings (SSSR count). The Morgan fingerprint density at radius 3 is 1.71 bits per heavy atom. The monoisotopic (exact) mass is 202 g/mol. The Labute approximate surface area is 84.6 Å². The summed E-state index contributed by atoms with van der Waals surface area (Å²) < 4.78 is 4.60. The van der Waals surface area contributed by atoms with Crippen LogP contribution in [0.4, 0.5) is 0 Å². The van der Waals surface area contributed by atoms with Gasteiger partial charge in [0.2, 0.25) is 0 Å². The second-order valence-electron chi connectivity index (χ2n) is 2.92. The number of ether oxygens (including phenoxy) is 1. The highest BCUT2D eigenvalue weighted by molar-refractivity contribution is 5.80. The van der Waals surface area contributed by atoms with Crippen LogP contribution in [0, 0.1) is 0 Å². The van der Waals surface area contributed by atoms with Crippen LogP contribution in [-0.4, -0.2) is 24.1 Å². The predicted octanol–water partition coefficient (Wildman–Crippen LogP) is 1.51. The van der Waals surface area contributed by atoms with Crippen molar-refractivity contribution in [3.63, 3.8) is 0 Å². The summed E-state index contributed by atoms with van der Waals surface area (Å²) in [5.41, 5.74) is 0. The summed E-state index contributed by atoms with van der Waals surface area (Å²) in [6.07, 6.45) is 0.502. The molecule has 0 fully saturated rings. The van der Waals surface area contributed by atoms with Crippen LogP contribution < -0.4 is 0 Å². The lowest BCUT2D eigenvalue weighted by Gasteiger charge is -1.97. The van der Waals surface area contributed by atoms with Crippen LogP contribution in [0.5, 0.6) is 0 Å². The Morgan fingerprint density at radius 1 is 1.00 bits per heavy atom. The number of hydrogen-bond donors (Lipinski definition) is 0. The molecule has 0 bridgehead atoms. The van der Waals surface area contributed by atoms with Crippen molar-refractivity contribution < 1.29 is 19.1 Å². The van der Waals surface area contributed by atoms with Crippen molar-refractivity contribution in [2.45, 2.75) is 40.5 Å². The molecule has 0 saturated carbocycles. The Balaban J connectivity index is 0. The van der Waals surface area contributed by atoms with Crippen LogP contribution in [-0.2, 0) is 19.1 Å². The fraction of sp³-hybridized carbons (Fsp3) is 0.700. The van der Waals surface area contributed by atoms with Gasteiger partial charge in [0.25, 0.3) is 0 Å². The van der Waals surface area contributed by atoms with E-state index in [0.717, 1.165) is 0 Å². The molecule has 0 spiro atoms. The molecule has 0 radical (unpaired) electrons. The number of carbonyl (C=O) groups excluding carboxylic acids is 3. The Hall–Kier alpha value is -1.19. The average molecular weight is 202 g/mol. The summed E-state index contributed by atoms with van der Waals surface area (Å²) in [5.74, 6) is -0.106. The highest BCUT2D eigenvalue weighted by Gasteiger charge is 2.02. The summed E-state index contributed by atoms with van der Waals surface area (Å²) in [6.45, 7) is 6.64. The first-order chi connectivity index (χ1) is 6.40. The lowest BCUT2D eigenvalue weighted by atomic mass is 10.2. The molecule has 0 heterocycles. The number of esters is 1. The zero-order valence-electron chi connectivity index (χ0n) is 9.25. The van der Waals surface area contributed by atoms with E-state index in [1.54, 1.807) is 6.92 Å². The van der Waals surface area contributed by atoms with Crippen LogP contribution in [0.25, 0.3) is 0 Å².